The van der Waals surface area contributed by atoms with E-state index in [1.54, 1.807) is 26.0 Å². The summed E-state index contributed by atoms with van der Waals surface area (Å²) in [4.78, 5) is 16.2. The summed E-state index contributed by atoms with van der Waals surface area (Å²) < 4.78 is 12.9. The van der Waals surface area contributed by atoms with Gasteiger partial charge in [0.15, 0.2) is 0 Å². The summed E-state index contributed by atoms with van der Waals surface area (Å²) in [5, 5.41) is 14.3. The summed E-state index contributed by atoms with van der Waals surface area (Å²) in [5.41, 5.74) is 0.760. The number of carbonyl (C=O) groups is 1. The van der Waals surface area contributed by atoms with Gasteiger partial charge in [-0.05, 0) is 38.1 Å². The molecule has 4 nitrogen and oxygen atoms in total. The van der Waals surface area contributed by atoms with Gasteiger partial charge in [0.25, 0.3) is 0 Å². The number of nitrogens with zero attached hydrogens (tertiary/aromatic N) is 2. The zero-order chi connectivity index (χ0) is 16.2. The Morgan fingerprint density at radius 1 is 1.41 bits per heavy atom. The van der Waals surface area contributed by atoms with Gasteiger partial charge in [-0.3, -0.25) is 4.79 Å². The van der Waals surface area contributed by atoms with Crippen molar-refractivity contribution in [3.63, 3.8) is 0 Å². The van der Waals surface area contributed by atoms with Crippen LogP contribution in [0.15, 0.2) is 29.6 Å². The predicted molar refractivity (Wildman–Crippen MR) is 83.7 cm³/mol. The Morgan fingerprint density at radius 3 is 2.73 bits per heavy atom. The second-order valence-corrected chi connectivity index (χ2v) is 6.36. The fraction of sp³-hybridized carbons (Fsp3) is 0.312. The van der Waals surface area contributed by atoms with Crippen LogP contribution in [0.5, 0.6) is 0 Å². The molecule has 1 aromatic heterocycles. The summed E-state index contributed by atoms with van der Waals surface area (Å²) >= 11 is 1.46. The fourth-order valence-electron chi connectivity index (χ4n) is 1.84. The molecule has 6 heteroatoms. The van der Waals surface area contributed by atoms with Crippen LogP contribution in [0, 0.1) is 17.1 Å². The molecule has 1 aromatic carbocycles. The molecule has 0 bridgehead atoms. The minimum atomic E-state index is -0.862. The normalized spacial score (nSPS) is 11.0. The molecule has 0 saturated carbocycles. The van der Waals surface area contributed by atoms with E-state index >= 15 is 0 Å². The summed E-state index contributed by atoms with van der Waals surface area (Å²) in [7, 11) is 0. The Balaban J connectivity index is 1.94. The van der Waals surface area contributed by atoms with Crippen LogP contribution in [-0.2, 0) is 11.2 Å². The first-order valence-electron chi connectivity index (χ1n) is 6.82. The number of hydrogen-bond acceptors (Lipinski definition) is 4. The summed E-state index contributed by atoms with van der Waals surface area (Å²) in [6, 6.07) is 8.17. The van der Waals surface area contributed by atoms with Gasteiger partial charge in [-0.2, -0.15) is 5.26 Å². The van der Waals surface area contributed by atoms with Gasteiger partial charge in [0, 0.05) is 23.8 Å². The highest BCUT2D eigenvalue weighted by Crippen LogP contribution is 2.22. The monoisotopic (exact) mass is 317 g/mol. The van der Waals surface area contributed by atoms with Crippen molar-refractivity contribution in [2.45, 2.75) is 32.2 Å². The van der Waals surface area contributed by atoms with Crippen LogP contribution >= 0.6 is 11.3 Å². The van der Waals surface area contributed by atoms with Gasteiger partial charge in [-0.1, -0.05) is 0 Å². The maximum Gasteiger partial charge on any atom is 0.221 e. The van der Waals surface area contributed by atoms with Crippen LogP contribution in [-0.4, -0.2) is 16.4 Å². The van der Waals surface area contributed by atoms with E-state index in [1.165, 1.54) is 23.5 Å². The van der Waals surface area contributed by atoms with Crippen molar-refractivity contribution in [3.8, 4) is 17.3 Å². The third-order valence-corrected chi connectivity index (χ3v) is 3.90. The van der Waals surface area contributed by atoms with Gasteiger partial charge < -0.3 is 5.32 Å². The van der Waals surface area contributed by atoms with Crippen LogP contribution < -0.4 is 5.32 Å². The third-order valence-electron chi connectivity index (χ3n) is 2.99. The summed E-state index contributed by atoms with van der Waals surface area (Å²) in [5.74, 6) is -0.457. The molecule has 0 aliphatic carbocycles. The minimum Gasteiger partial charge on any atom is -0.338 e. The number of rotatable bonds is 5. The number of halogens is 1. The maximum atomic E-state index is 12.9. The number of nitrogens with one attached hydrogen (secondary N) is 1. The molecule has 1 amide bonds. The van der Waals surface area contributed by atoms with Gasteiger partial charge in [-0.25, -0.2) is 9.37 Å². The Kier molecular flexibility index (Phi) is 4.88. The molecule has 0 saturated heterocycles. The highest BCUT2D eigenvalue weighted by molar-refractivity contribution is 7.09. The van der Waals surface area contributed by atoms with Crippen LogP contribution in [0.25, 0.3) is 11.3 Å². The number of benzene rings is 1. The van der Waals surface area contributed by atoms with Crippen LogP contribution in [0.4, 0.5) is 4.39 Å². The Bertz CT molecular complexity index is 701. The second-order valence-electron chi connectivity index (χ2n) is 5.42. The van der Waals surface area contributed by atoms with Crippen LogP contribution in [0.2, 0.25) is 0 Å². The van der Waals surface area contributed by atoms with E-state index in [1.807, 2.05) is 11.4 Å². The van der Waals surface area contributed by atoms with Gasteiger partial charge in [0.2, 0.25) is 5.91 Å². The first-order valence-corrected chi connectivity index (χ1v) is 7.70. The van der Waals surface area contributed by atoms with E-state index in [4.69, 9.17) is 5.26 Å². The number of aromatic nitrogens is 1. The summed E-state index contributed by atoms with van der Waals surface area (Å²) in [6.07, 6.45) is 0.792. The van der Waals surface area contributed by atoms with E-state index in [9.17, 15) is 9.18 Å². The molecule has 1 heterocycles. The van der Waals surface area contributed by atoms with Crippen molar-refractivity contribution in [1.29, 1.82) is 5.26 Å². The Morgan fingerprint density at radius 2 is 2.09 bits per heavy atom. The SMILES string of the molecule is CC(C)(C#N)NC(=O)CCc1nc(-c2ccc(F)cc2)cs1. The summed E-state index contributed by atoms with van der Waals surface area (Å²) in [6.45, 7) is 3.31. The third kappa shape index (κ3) is 4.37. The smallest absolute Gasteiger partial charge is 0.221 e. The fourth-order valence-corrected chi connectivity index (χ4v) is 2.65. The predicted octanol–water partition coefficient (Wildman–Crippen LogP) is 3.30. The lowest BCUT2D eigenvalue weighted by molar-refractivity contribution is -0.122. The number of aryl methyl sites for hydroxylation is 1. The number of carbonyl (C=O) groups excluding carboxylic acids is 1. The van der Waals surface area contributed by atoms with Crippen molar-refractivity contribution < 1.29 is 9.18 Å². The van der Waals surface area contributed by atoms with Gasteiger partial charge in [-0.15, -0.1) is 11.3 Å². The lowest BCUT2D eigenvalue weighted by Gasteiger charge is -2.16. The van der Waals surface area contributed by atoms with Crippen LogP contribution in [0.1, 0.15) is 25.3 Å². The van der Waals surface area contributed by atoms with Gasteiger partial charge in [0.1, 0.15) is 11.4 Å². The standard InChI is InChI=1S/C16H16FN3OS/c1-16(2,10-18)20-14(21)7-8-15-19-13(9-22-15)11-3-5-12(17)6-4-11/h3-6,9H,7-8H2,1-2H3,(H,20,21). The Hall–Kier alpha value is -2.26. The lowest BCUT2D eigenvalue weighted by Crippen LogP contribution is -2.42. The van der Waals surface area contributed by atoms with Gasteiger partial charge >= 0.3 is 0 Å². The van der Waals surface area contributed by atoms with E-state index in [-0.39, 0.29) is 18.1 Å². The van der Waals surface area contributed by atoms with Crippen LogP contribution in [0.3, 0.4) is 0 Å². The van der Waals surface area contributed by atoms with Crippen molar-refractivity contribution in [2.24, 2.45) is 0 Å². The largest absolute Gasteiger partial charge is 0.338 e. The second kappa shape index (κ2) is 6.67. The molecule has 0 aliphatic heterocycles. The molecule has 1 N–H and O–H groups in total. The Labute approximate surface area is 132 Å². The number of thiazole rings is 1. The zero-order valence-electron chi connectivity index (χ0n) is 12.4. The molecule has 0 unspecified atom stereocenters. The van der Waals surface area contributed by atoms with E-state index < -0.39 is 5.54 Å². The number of hydrogen-bond donors (Lipinski definition) is 1. The van der Waals surface area contributed by atoms with E-state index in [0.717, 1.165) is 16.3 Å². The minimum absolute atomic E-state index is 0.176. The zero-order valence-corrected chi connectivity index (χ0v) is 13.2. The first kappa shape index (κ1) is 16.1. The molecule has 0 radical (unpaired) electrons. The molecule has 0 aliphatic rings. The molecule has 2 aromatic rings. The average Bonchev–Trinajstić information content (AvgIpc) is 2.94. The number of amides is 1. The molecule has 0 atom stereocenters. The van der Waals surface area contributed by atoms with Gasteiger partial charge in [0.05, 0.1) is 16.8 Å². The molecule has 2 rings (SSSR count). The number of nitriles is 1. The average molecular weight is 317 g/mol. The lowest BCUT2D eigenvalue weighted by atomic mass is 10.1. The molecule has 114 valence electrons. The molecule has 0 spiro atoms. The van der Waals surface area contributed by atoms with Crippen molar-refractivity contribution >= 4 is 17.2 Å². The van der Waals surface area contributed by atoms with Crippen molar-refractivity contribution in [1.82, 2.24) is 10.3 Å². The maximum absolute atomic E-state index is 12.9. The van der Waals surface area contributed by atoms with Crippen molar-refractivity contribution in [3.05, 3.63) is 40.5 Å². The highest BCUT2D eigenvalue weighted by atomic mass is 32.1. The highest BCUT2D eigenvalue weighted by Gasteiger charge is 2.19. The first-order chi connectivity index (χ1) is 10.4. The molecular weight excluding hydrogens is 301 g/mol. The van der Waals surface area contributed by atoms with E-state index in [0.29, 0.717) is 6.42 Å². The quantitative estimate of drug-likeness (QED) is 0.920. The molecule has 0 fully saturated rings. The topological polar surface area (TPSA) is 65.8 Å². The molecule has 22 heavy (non-hydrogen) atoms. The van der Waals surface area contributed by atoms with Crippen molar-refractivity contribution in [2.75, 3.05) is 0 Å². The molecular formula is C16H16FN3OS. The van der Waals surface area contributed by atoms with E-state index in [2.05, 4.69) is 10.3 Å².